The van der Waals surface area contributed by atoms with E-state index in [1.807, 2.05) is 0 Å². The summed E-state index contributed by atoms with van der Waals surface area (Å²) in [5.41, 5.74) is 0. The van der Waals surface area contributed by atoms with Gasteiger partial charge in [-0.05, 0) is 6.54 Å². The van der Waals surface area contributed by atoms with E-state index in [0.29, 0.717) is 0 Å². The molecule has 0 amide bonds. The molecule has 0 aromatic heterocycles. The molecule has 11 heavy (non-hydrogen) atoms. The maximum atomic E-state index is 13.4. The molecule has 0 spiro atoms. The Bertz CT molecular complexity index is 151. The molecule has 3 atom stereocenters. The van der Waals surface area contributed by atoms with E-state index in [-0.39, 0.29) is 12.0 Å². The Labute approximate surface area is 66.8 Å². The van der Waals surface area contributed by atoms with E-state index in [1.165, 1.54) is 0 Å². The third-order valence-corrected chi connectivity index (χ3v) is 2.92. The van der Waals surface area contributed by atoms with Crippen molar-refractivity contribution >= 4 is 0 Å². The summed E-state index contributed by atoms with van der Waals surface area (Å²) in [6, 6.07) is 0.166. The SMILES string of the molecule is CCN1CC2CNCC1C2F. The fourth-order valence-corrected chi connectivity index (χ4v) is 2.25. The number of rotatable bonds is 1. The van der Waals surface area contributed by atoms with Crippen molar-refractivity contribution in [1.29, 1.82) is 0 Å². The first kappa shape index (κ1) is 7.50. The average molecular weight is 158 g/mol. The van der Waals surface area contributed by atoms with Gasteiger partial charge in [0.1, 0.15) is 6.17 Å². The van der Waals surface area contributed by atoms with Crippen molar-refractivity contribution in [2.75, 3.05) is 26.2 Å². The lowest BCUT2D eigenvalue weighted by atomic mass is 10.00. The fourth-order valence-electron chi connectivity index (χ4n) is 2.25. The summed E-state index contributed by atoms with van der Waals surface area (Å²) in [4.78, 5) is 2.25. The van der Waals surface area contributed by atoms with Crippen molar-refractivity contribution in [2.45, 2.75) is 19.1 Å². The second-order valence-corrected chi connectivity index (χ2v) is 3.52. The molecule has 64 valence electrons. The van der Waals surface area contributed by atoms with Crippen LogP contribution in [0.5, 0.6) is 0 Å². The molecule has 2 saturated heterocycles. The molecular weight excluding hydrogens is 143 g/mol. The van der Waals surface area contributed by atoms with Crippen LogP contribution >= 0.6 is 0 Å². The van der Waals surface area contributed by atoms with Gasteiger partial charge in [-0.15, -0.1) is 0 Å². The molecule has 2 rings (SSSR count). The second kappa shape index (κ2) is 2.72. The van der Waals surface area contributed by atoms with Gasteiger partial charge in [0.05, 0.1) is 6.04 Å². The lowest BCUT2D eigenvalue weighted by molar-refractivity contribution is 0.165. The molecule has 0 aromatic rings. The lowest BCUT2D eigenvalue weighted by Crippen LogP contribution is -2.46. The highest BCUT2D eigenvalue weighted by molar-refractivity contribution is 4.98. The predicted octanol–water partition coefficient (Wildman–Crippen LogP) is 0.248. The molecule has 0 saturated carbocycles. The molecular formula is C8H15FN2. The van der Waals surface area contributed by atoms with Crippen LogP contribution in [0.1, 0.15) is 6.92 Å². The van der Waals surface area contributed by atoms with Crippen LogP contribution in [0.3, 0.4) is 0 Å². The van der Waals surface area contributed by atoms with Crippen molar-refractivity contribution in [1.82, 2.24) is 10.2 Å². The lowest BCUT2D eigenvalue weighted by Gasteiger charge is -2.26. The summed E-state index contributed by atoms with van der Waals surface area (Å²) < 4.78 is 13.4. The topological polar surface area (TPSA) is 15.3 Å². The van der Waals surface area contributed by atoms with Crippen molar-refractivity contribution in [3.8, 4) is 0 Å². The van der Waals surface area contributed by atoms with E-state index in [9.17, 15) is 4.39 Å². The van der Waals surface area contributed by atoms with E-state index in [0.717, 1.165) is 26.2 Å². The Hall–Kier alpha value is -0.150. The number of hydrogen-bond acceptors (Lipinski definition) is 2. The van der Waals surface area contributed by atoms with Gasteiger partial charge in [0.15, 0.2) is 0 Å². The van der Waals surface area contributed by atoms with Gasteiger partial charge in [-0.1, -0.05) is 6.92 Å². The molecule has 0 aromatic carbocycles. The number of fused-ring (bicyclic) bond motifs is 2. The minimum Gasteiger partial charge on any atom is -0.315 e. The van der Waals surface area contributed by atoms with Gasteiger partial charge in [-0.3, -0.25) is 4.90 Å². The quantitative estimate of drug-likeness (QED) is 0.588. The van der Waals surface area contributed by atoms with Crippen molar-refractivity contribution in [2.24, 2.45) is 5.92 Å². The first-order valence-corrected chi connectivity index (χ1v) is 4.41. The van der Waals surface area contributed by atoms with Gasteiger partial charge >= 0.3 is 0 Å². The molecule has 1 N–H and O–H groups in total. The number of hydrogen-bond donors (Lipinski definition) is 1. The molecule has 3 heteroatoms. The smallest absolute Gasteiger partial charge is 0.122 e. The van der Waals surface area contributed by atoms with E-state index >= 15 is 0 Å². The van der Waals surface area contributed by atoms with Gasteiger partial charge in [-0.25, -0.2) is 4.39 Å². The number of alkyl halides is 1. The summed E-state index contributed by atoms with van der Waals surface area (Å²) in [5.74, 6) is 0.258. The number of nitrogens with one attached hydrogen (secondary N) is 1. The zero-order chi connectivity index (χ0) is 7.84. The zero-order valence-corrected chi connectivity index (χ0v) is 6.89. The molecule has 2 heterocycles. The first-order valence-electron chi connectivity index (χ1n) is 4.41. The summed E-state index contributed by atoms with van der Waals surface area (Å²) in [6.45, 7) is 5.76. The number of nitrogens with zero attached hydrogens (tertiary/aromatic N) is 1. The van der Waals surface area contributed by atoms with Gasteiger partial charge in [0.2, 0.25) is 0 Å². The molecule has 0 aliphatic carbocycles. The van der Waals surface area contributed by atoms with E-state index in [4.69, 9.17) is 0 Å². The van der Waals surface area contributed by atoms with Gasteiger partial charge in [-0.2, -0.15) is 0 Å². The van der Waals surface area contributed by atoms with E-state index in [1.54, 1.807) is 0 Å². The molecule has 0 radical (unpaired) electrons. The Morgan fingerprint density at radius 1 is 1.55 bits per heavy atom. The maximum absolute atomic E-state index is 13.4. The highest BCUT2D eigenvalue weighted by Gasteiger charge is 2.43. The molecule has 3 unspecified atom stereocenters. The first-order chi connectivity index (χ1) is 5.33. The molecule has 2 bridgehead atoms. The van der Waals surface area contributed by atoms with Crippen LogP contribution in [0.25, 0.3) is 0 Å². The Kier molecular flexibility index (Phi) is 1.85. The summed E-state index contributed by atoms with van der Waals surface area (Å²) in [7, 11) is 0. The van der Waals surface area contributed by atoms with Gasteiger partial charge in [0.25, 0.3) is 0 Å². The molecule has 2 nitrogen and oxygen atoms in total. The molecule has 2 aliphatic heterocycles. The van der Waals surface area contributed by atoms with Crippen molar-refractivity contribution in [3.05, 3.63) is 0 Å². The third kappa shape index (κ3) is 1.07. The Morgan fingerprint density at radius 2 is 2.36 bits per heavy atom. The largest absolute Gasteiger partial charge is 0.315 e. The number of piperidine rings is 1. The van der Waals surface area contributed by atoms with Crippen LogP contribution in [0.15, 0.2) is 0 Å². The fraction of sp³-hybridized carbons (Fsp3) is 1.00. The highest BCUT2D eigenvalue weighted by Crippen LogP contribution is 2.28. The van der Waals surface area contributed by atoms with E-state index < -0.39 is 6.17 Å². The number of halogens is 1. The van der Waals surface area contributed by atoms with Gasteiger partial charge in [0, 0.05) is 25.6 Å². The van der Waals surface area contributed by atoms with Crippen LogP contribution in [0, 0.1) is 5.92 Å². The zero-order valence-electron chi connectivity index (χ0n) is 6.89. The van der Waals surface area contributed by atoms with Crippen LogP contribution in [-0.4, -0.2) is 43.3 Å². The standard InChI is InChI=1S/C8H15FN2/c1-2-11-5-6-3-10-4-7(11)8(6)9/h6-8,10H,2-5H2,1H3. The number of likely N-dealkylation sites (tertiary alicyclic amines) is 1. The average Bonchev–Trinajstić information content (AvgIpc) is 2.23. The van der Waals surface area contributed by atoms with Crippen LogP contribution < -0.4 is 5.32 Å². The Morgan fingerprint density at radius 3 is 3.00 bits per heavy atom. The minimum atomic E-state index is -0.573. The van der Waals surface area contributed by atoms with Gasteiger partial charge < -0.3 is 5.32 Å². The molecule has 2 fully saturated rings. The number of likely N-dealkylation sites (N-methyl/N-ethyl adjacent to an activating group) is 1. The summed E-state index contributed by atoms with van der Waals surface area (Å²) in [6.07, 6.45) is -0.573. The molecule has 2 aliphatic rings. The van der Waals surface area contributed by atoms with Crippen LogP contribution in [-0.2, 0) is 0 Å². The highest BCUT2D eigenvalue weighted by atomic mass is 19.1. The van der Waals surface area contributed by atoms with Crippen molar-refractivity contribution < 1.29 is 4.39 Å². The Balaban J connectivity index is 2.09. The summed E-state index contributed by atoms with van der Waals surface area (Å²) >= 11 is 0. The third-order valence-electron chi connectivity index (χ3n) is 2.92. The second-order valence-electron chi connectivity index (χ2n) is 3.52. The summed E-state index contributed by atoms with van der Waals surface area (Å²) in [5, 5.41) is 3.26. The van der Waals surface area contributed by atoms with Crippen LogP contribution in [0.4, 0.5) is 4.39 Å². The van der Waals surface area contributed by atoms with Crippen molar-refractivity contribution in [3.63, 3.8) is 0 Å². The normalized spacial score (nSPS) is 44.7. The predicted molar refractivity (Wildman–Crippen MR) is 42.3 cm³/mol. The minimum absolute atomic E-state index is 0.166. The van der Waals surface area contributed by atoms with Crippen LogP contribution in [0.2, 0.25) is 0 Å². The monoisotopic (exact) mass is 158 g/mol. The maximum Gasteiger partial charge on any atom is 0.122 e. The van der Waals surface area contributed by atoms with E-state index in [2.05, 4.69) is 17.1 Å².